The minimum atomic E-state index is -0.00922. The number of fused-ring (bicyclic) bond motifs is 1. The first-order valence-electron chi connectivity index (χ1n) is 5.52. The van der Waals surface area contributed by atoms with E-state index >= 15 is 0 Å². The van der Waals surface area contributed by atoms with Crippen LogP contribution in [0.15, 0.2) is 18.3 Å². The number of nitrogens with zero attached hydrogens (tertiary/aromatic N) is 2. The molecule has 0 aliphatic carbocycles. The van der Waals surface area contributed by atoms with Gasteiger partial charge in [0.25, 0.3) is 0 Å². The van der Waals surface area contributed by atoms with E-state index in [1.807, 2.05) is 17.5 Å². The first-order valence-corrected chi connectivity index (χ1v) is 5.52. The van der Waals surface area contributed by atoms with Crippen molar-refractivity contribution in [2.24, 2.45) is 0 Å². The van der Waals surface area contributed by atoms with Gasteiger partial charge in [-0.1, -0.05) is 26.8 Å². The summed E-state index contributed by atoms with van der Waals surface area (Å²) in [5, 5.41) is 9.15. The van der Waals surface area contributed by atoms with Gasteiger partial charge in [0.1, 0.15) is 5.65 Å². The Labute approximate surface area is 95.8 Å². The quantitative estimate of drug-likeness (QED) is 0.798. The van der Waals surface area contributed by atoms with E-state index in [-0.39, 0.29) is 12.0 Å². The fourth-order valence-corrected chi connectivity index (χ4v) is 1.91. The number of aromatic nitrogens is 2. The maximum atomic E-state index is 9.15. The Morgan fingerprint density at radius 1 is 1.31 bits per heavy atom. The summed E-state index contributed by atoms with van der Waals surface area (Å²) in [5.41, 5.74) is 4.08. The Kier molecular flexibility index (Phi) is 2.50. The van der Waals surface area contributed by atoms with Gasteiger partial charge in [-0.15, -0.1) is 0 Å². The molecule has 3 nitrogen and oxygen atoms in total. The SMILES string of the molecule is Cc1ccc(C(C)(C)C)c2nc(CO)cn12. The molecule has 0 bridgehead atoms. The highest BCUT2D eigenvalue weighted by atomic mass is 16.3. The third-order valence-corrected chi connectivity index (χ3v) is 2.84. The Hall–Kier alpha value is -1.35. The largest absolute Gasteiger partial charge is 0.390 e. The summed E-state index contributed by atoms with van der Waals surface area (Å²) < 4.78 is 2.05. The van der Waals surface area contributed by atoms with Crippen LogP contribution in [0.5, 0.6) is 0 Å². The van der Waals surface area contributed by atoms with E-state index in [1.54, 1.807) is 0 Å². The maximum absolute atomic E-state index is 9.15. The molecule has 0 fully saturated rings. The van der Waals surface area contributed by atoms with Crippen molar-refractivity contribution in [3.05, 3.63) is 35.3 Å². The van der Waals surface area contributed by atoms with E-state index in [4.69, 9.17) is 5.11 Å². The van der Waals surface area contributed by atoms with E-state index in [0.29, 0.717) is 0 Å². The standard InChI is InChI=1S/C13H18N2O/c1-9-5-6-11(13(2,3)4)12-14-10(8-16)7-15(9)12/h5-7,16H,8H2,1-4H3. The van der Waals surface area contributed by atoms with Crippen LogP contribution in [-0.2, 0) is 12.0 Å². The molecule has 86 valence electrons. The summed E-state index contributed by atoms with van der Waals surface area (Å²) in [7, 11) is 0. The third-order valence-electron chi connectivity index (χ3n) is 2.84. The smallest absolute Gasteiger partial charge is 0.141 e. The number of aryl methyl sites for hydroxylation is 1. The van der Waals surface area contributed by atoms with Crippen molar-refractivity contribution in [1.29, 1.82) is 0 Å². The van der Waals surface area contributed by atoms with Gasteiger partial charge in [0, 0.05) is 17.5 Å². The molecule has 1 N–H and O–H groups in total. The Balaban J connectivity index is 2.77. The van der Waals surface area contributed by atoms with Crippen molar-refractivity contribution < 1.29 is 5.11 Å². The second kappa shape index (κ2) is 3.59. The lowest BCUT2D eigenvalue weighted by Gasteiger charge is -2.20. The number of aliphatic hydroxyl groups excluding tert-OH is 1. The molecule has 2 aromatic heterocycles. The van der Waals surface area contributed by atoms with Crippen LogP contribution in [0.4, 0.5) is 0 Å². The molecule has 0 aliphatic heterocycles. The Morgan fingerprint density at radius 3 is 2.56 bits per heavy atom. The van der Waals surface area contributed by atoms with Gasteiger partial charge in [0.2, 0.25) is 0 Å². The van der Waals surface area contributed by atoms with Crippen molar-refractivity contribution in [3.63, 3.8) is 0 Å². The van der Waals surface area contributed by atoms with Gasteiger partial charge in [-0.3, -0.25) is 0 Å². The molecule has 0 saturated carbocycles. The van der Waals surface area contributed by atoms with Crippen LogP contribution in [0.3, 0.4) is 0 Å². The first kappa shape index (κ1) is 11.1. The van der Waals surface area contributed by atoms with Crippen LogP contribution >= 0.6 is 0 Å². The van der Waals surface area contributed by atoms with E-state index in [0.717, 1.165) is 17.0 Å². The van der Waals surface area contributed by atoms with E-state index in [1.165, 1.54) is 5.56 Å². The van der Waals surface area contributed by atoms with Gasteiger partial charge in [-0.05, 0) is 18.4 Å². The van der Waals surface area contributed by atoms with Crippen molar-refractivity contribution in [2.75, 3.05) is 0 Å². The van der Waals surface area contributed by atoms with E-state index < -0.39 is 0 Å². The number of pyridine rings is 1. The van der Waals surface area contributed by atoms with Crippen LogP contribution in [-0.4, -0.2) is 14.5 Å². The average Bonchev–Trinajstić information content (AvgIpc) is 2.60. The van der Waals surface area contributed by atoms with Crippen LogP contribution in [0.25, 0.3) is 5.65 Å². The summed E-state index contributed by atoms with van der Waals surface area (Å²) in [6, 6.07) is 4.22. The van der Waals surface area contributed by atoms with Gasteiger partial charge in [-0.25, -0.2) is 4.98 Å². The topological polar surface area (TPSA) is 37.5 Å². The second-order valence-corrected chi connectivity index (χ2v) is 5.22. The molecule has 0 aromatic carbocycles. The lowest BCUT2D eigenvalue weighted by atomic mass is 9.87. The molecular weight excluding hydrogens is 200 g/mol. The zero-order valence-electron chi connectivity index (χ0n) is 10.3. The number of imidazole rings is 1. The number of hydrogen-bond donors (Lipinski definition) is 1. The van der Waals surface area contributed by atoms with Crippen LogP contribution in [0, 0.1) is 6.92 Å². The normalized spacial score (nSPS) is 12.3. The second-order valence-electron chi connectivity index (χ2n) is 5.22. The summed E-state index contributed by atoms with van der Waals surface area (Å²) in [6.45, 7) is 8.55. The van der Waals surface area contributed by atoms with Crippen molar-refractivity contribution in [3.8, 4) is 0 Å². The monoisotopic (exact) mass is 218 g/mol. The molecule has 3 heteroatoms. The summed E-state index contributed by atoms with van der Waals surface area (Å²) in [4.78, 5) is 4.47. The molecule has 0 spiro atoms. The third kappa shape index (κ3) is 1.71. The highest BCUT2D eigenvalue weighted by Crippen LogP contribution is 2.27. The van der Waals surface area contributed by atoms with Gasteiger partial charge < -0.3 is 9.51 Å². The van der Waals surface area contributed by atoms with Crippen molar-refractivity contribution >= 4 is 5.65 Å². The van der Waals surface area contributed by atoms with Gasteiger partial charge in [0.05, 0.1) is 12.3 Å². The van der Waals surface area contributed by atoms with Crippen LogP contribution < -0.4 is 0 Å². The molecule has 16 heavy (non-hydrogen) atoms. The van der Waals surface area contributed by atoms with Gasteiger partial charge in [0.15, 0.2) is 0 Å². The molecule has 0 atom stereocenters. The lowest BCUT2D eigenvalue weighted by Crippen LogP contribution is -2.13. The molecule has 0 amide bonds. The highest BCUT2D eigenvalue weighted by Gasteiger charge is 2.19. The minimum Gasteiger partial charge on any atom is -0.390 e. The highest BCUT2D eigenvalue weighted by molar-refractivity contribution is 5.53. The first-order chi connectivity index (χ1) is 7.43. The molecule has 2 rings (SSSR count). The summed E-state index contributed by atoms with van der Waals surface area (Å²) >= 11 is 0. The van der Waals surface area contributed by atoms with E-state index in [9.17, 15) is 0 Å². The summed E-state index contributed by atoms with van der Waals surface area (Å²) in [5.74, 6) is 0. The molecule has 2 heterocycles. The fourth-order valence-electron chi connectivity index (χ4n) is 1.91. The van der Waals surface area contributed by atoms with Crippen LogP contribution in [0.1, 0.15) is 37.7 Å². The Bertz CT molecular complexity index is 520. The maximum Gasteiger partial charge on any atom is 0.141 e. The minimum absolute atomic E-state index is 0.00922. The van der Waals surface area contributed by atoms with Crippen molar-refractivity contribution in [1.82, 2.24) is 9.38 Å². The molecule has 0 saturated heterocycles. The fraction of sp³-hybridized carbons (Fsp3) is 0.462. The lowest BCUT2D eigenvalue weighted by molar-refractivity contribution is 0.277. The van der Waals surface area contributed by atoms with Crippen LogP contribution in [0.2, 0.25) is 0 Å². The number of hydrogen-bond acceptors (Lipinski definition) is 2. The predicted octanol–water partition coefficient (Wildman–Crippen LogP) is 2.43. The predicted molar refractivity (Wildman–Crippen MR) is 64.6 cm³/mol. The van der Waals surface area contributed by atoms with Gasteiger partial charge >= 0.3 is 0 Å². The van der Waals surface area contributed by atoms with Crippen molar-refractivity contribution in [2.45, 2.75) is 39.7 Å². The van der Waals surface area contributed by atoms with E-state index in [2.05, 4.69) is 37.9 Å². The molecule has 0 unspecified atom stereocenters. The number of aliphatic hydroxyl groups is 1. The number of rotatable bonds is 1. The zero-order chi connectivity index (χ0) is 11.9. The molecule has 0 aliphatic rings. The van der Waals surface area contributed by atoms with Gasteiger partial charge in [-0.2, -0.15) is 0 Å². The summed E-state index contributed by atoms with van der Waals surface area (Å²) in [6.07, 6.45) is 1.90. The average molecular weight is 218 g/mol. The zero-order valence-corrected chi connectivity index (χ0v) is 10.3. The molecule has 0 radical (unpaired) electrons. The Morgan fingerprint density at radius 2 is 2.00 bits per heavy atom. The molecule has 2 aromatic rings. The molecular formula is C13H18N2O.